The normalized spacial score (nSPS) is 12.5. The van der Waals surface area contributed by atoms with Crippen LogP contribution in [0.2, 0.25) is 0 Å². The Morgan fingerprint density at radius 3 is 2.56 bits per heavy atom. The molecule has 0 aliphatic rings. The number of nitrogens with zero attached hydrogens (tertiary/aromatic N) is 3. The van der Waals surface area contributed by atoms with Crippen molar-refractivity contribution < 1.29 is 4.79 Å². The van der Waals surface area contributed by atoms with Crippen LogP contribution >= 0.6 is 0 Å². The van der Waals surface area contributed by atoms with Crippen LogP contribution in [0.3, 0.4) is 0 Å². The number of amides is 1. The fraction of sp³-hybridized carbons (Fsp3) is 0.409. The molecule has 3 rings (SSSR count). The van der Waals surface area contributed by atoms with Crippen molar-refractivity contribution in [1.29, 1.82) is 0 Å². The summed E-state index contributed by atoms with van der Waals surface area (Å²) in [6.07, 6.45) is 1.84. The zero-order valence-corrected chi connectivity index (χ0v) is 16.8. The number of benzene rings is 1. The van der Waals surface area contributed by atoms with Crippen molar-refractivity contribution in [2.45, 2.75) is 52.5 Å². The van der Waals surface area contributed by atoms with Gasteiger partial charge in [0.25, 0.3) is 5.91 Å². The standard InChI is InChI=1S/C22H28N4O/c1-14(2)19-13-18(20-16(4)25-26(5)21(20)24-19)22(27)23-15(3)11-12-17-9-7-6-8-10-17/h6-10,13-15H,11-12H2,1-5H3,(H,23,27). The summed E-state index contributed by atoms with van der Waals surface area (Å²) in [4.78, 5) is 17.8. The van der Waals surface area contributed by atoms with Crippen molar-refractivity contribution >= 4 is 16.9 Å². The predicted octanol–water partition coefficient (Wildman–Crippen LogP) is 4.15. The van der Waals surface area contributed by atoms with Gasteiger partial charge in [-0.3, -0.25) is 9.48 Å². The molecule has 0 saturated heterocycles. The molecule has 0 aliphatic carbocycles. The van der Waals surface area contributed by atoms with Crippen LogP contribution in [0.1, 0.15) is 60.4 Å². The van der Waals surface area contributed by atoms with Crippen LogP contribution in [0.4, 0.5) is 0 Å². The number of aryl methyl sites for hydroxylation is 3. The van der Waals surface area contributed by atoms with Gasteiger partial charge in [-0.1, -0.05) is 44.2 Å². The lowest BCUT2D eigenvalue weighted by Gasteiger charge is -2.16. The van der Waals surface area contributed by atoms with Gasteiger partial charge in [-0.05, 0) is 44.2 Å². The molecular formula is C22H28N4O. The Morgan fingerprint density at radius 1 is 1.19 bits per heavy atom. The van der Waals surface area contributed by atoms with Gasteiger partial charge in [0.1, 0.15) is 0 Å². The Labute approximate surface area is 160 Å². The number of aromatic nitrogens is 3. The van der Waals surface area contributed by atoms with Gasteiger partial charge in [-0.25, -0.2) is 4.98 Å². The molecule has 142 valence electrons. The van der Waals surface area contributed by atoms with E-state index in [0.29, 0.717) is 5.56 Å². The van der Waals surface area contributed by atoms with E-state index >= 15 is 0 Å². The lowest BCUT2D eigenvalue weighted by Crippen LogP contribution is -2.33. The van der Waals surface area contributed by atoms with Crippen LogP contribution in [0.15, 0.2) is 36.4 Å². The average Bonchev–Trinajstić information content (AvgIpc) is 2.94. The Morgan fingerprint density at radius 2 is 1.89 bits per heavy atom. The maximum atomic E-state index is 13.0. The minimum atomic E-state index is -0.0547. The molecule has 0 fully saturated rings. The second-order valence-corrected chi connectivity index (χ2v) is 7.56. The molecule has 5 heteroatoms. The van der Waals surface area contributed by atoms with Crippen molar-refractivity contribution in [3.8, 4) is 0 Å². The molecule has 0 aliphatic heterocycles. The highest BCUT2D eigenvalue weighted by Gasteiger charge is 2.20. The number of hydrogen-bond acceptors (Lipinski definition) is 3. The molecule has 2 heterocycles. The molecule has 1 unspecified atom stereocenters. The first-order chi connectivity index (χ1) is 12.9. The highest BCUT2D eigenvalue weighted by molar-refractivity contribution is 6.06. The molecular weight excluding hydrogens is 336 g/mol. The zero-order chi connectivity index (χ0) is 19.6. The predicted molar refractivity (Wildman–Crippen MR) is 109 cm³/mol. The van der Waals surface area contributed by atoms with Crippen LogP contribution in [-0.4, -0.2) is 26.7 Å². The van der Waals surface area contributed by atoms with E-state index in [1.54, 1.807) is 4.68 Å². The van der Waals surface area contributed by atoms with Gasteiger partial charge in [0.2, 0.25) is 0 Å². The molecule has 3 aromatic rings. The lowest BCUT2D eigenvalue weighted by atomic mass is 10.0. The minimum Gasteiger partial charge on any atom is -0.350 e. The van der Waals surface area contributed by atoms with Crippen molar-refractivity contribution in [3.63, 3.8) is 0 Å². The van der Waals surface area contributed by atoms with Gasteiger partial charge < -0.3 is 5.32 Å². The third-order valence-electron chi connectivity index (χ3n) is 4.91. The number of hydrogen-bond donors (Lipinski definition) is 1. The number of carbonyl (C=O) groups excluding carboxylic acids is 1. The van der Waals surface area contributed by atoms with E-state index in [2.05, 4.69) is 43.3 Å². The summed E-state index contributed by atoms with van der Waals surface area (Å²) in [5.41, 5.74) is 4.46. The summed E-state index contributed by atoms with van der Waals surface area (Å²) < 4.78 is 1.76. The van der Waals surface area contributed by atoms with Gasteiger partial charge in [-0.15, -0.1) is 0 Å². The Balaban J connectivity index is 1.82. The quantitative estimate of drug-likeness (QED) is 0.715. The molecule has 1 N–H and O–H groups in total. The summed E-state index contributed by atoms with van der Waals surface area (Å²) in [6.45, 7) is 8.15. The number of pyridine rings is 1. The van der Waals surface area contributed by atoms with Crippen LogP contribution in [0, 0.1) is 6.92 Å². The number of carbonyl (C=O) groups is 1. The fourth-order valence-corrected chi connectivity index (χ4v) is 3.34. The maximum absolute atomic E-state index is 13.0. The van der Waals surface area contributed by atoms with Crippen molar-refractivity contribution in [2.24, 2.45) is 7.05 Å². The monoisotopic (exact) mass is 364 g/mol. The summed E-state index contributed by atoms with van der Waals surface area (Å²) in [5.74, 6) is 0.188. The van der Waals surface area contributed by atoms with Crippen LogP contribution < -0.4 is 5.32 Å². The average molecular weight is 364 g/mol. The first-order valence-electron chi connectivity index (χ1n) is 9.56. The van der Waals surface area contributed by atoms with Gasteiger partial charge in [-0.2, -0.15) is 5.10 Å². The van der Waals surface area contributed by atoms with E-state index in [1.807, 2.05) is 38.2 Å². The van der Waals surface area contributed by atoms with E-state index in [1.165, 1.54) is 5.56 Å². The Kier molecular flexibility index (Phi) is 5.59. The van der Waals surface area contributed by atoms with E-state index in [4.69, 9.17) is 4.98 Å². The smallest absolute Gasteiger partial charge is 0.252 e. The second-order valence-electron chi connectivity index (χ2n) is 7.56. The van der Waals surface area contributed by atoms with Gasteiger partial charge in [0.05, 0.1) is 16.6 Å². The zero-order valence-electron chi connectivity index (χ0n) is 16.8. The summed E-state index contributed by atoms with van der Waals surface area (Å²) in [6, 6.07) is 12.4. The number of rotatable bonds is 6. The molecule has 0 radical (unpaired) electrons. The summed E-state index contributed by atoms with van der Waals surface area (Å²) in [7, 11) is 1.87. The Hall–Kier alpha value is -2.69. The molecule has 27 heavy (non-hydrogen) atoms. The van der Waals surface area contributed by atoms with E-state index in [-0.39, 0.29) is 17.9 Å². The highest BCUT2D eigenvalue weighted by Crippen LogP contribution is 2.25. The minimum absolute atomic E-state index is 0.0547. The second kappa shape index (κ2) is 7.91. The highest BCUT2D eigenvalue weighted by atomic mass is 16.1. The fourth-order valence-electron chi connectivity index (χ4n) is 3.34. The number of fused-ring (bicyclic) bond motifs is 1. The van der Waals surface area contributed by atoms with Gasteiger partial charge in [0, 0.05) is 18.8 Å². The summed E-state index contributed by atoms with van der Waals surface area (Å²) in [5, 5.41) is 8.46. The third-order valence-corrected chi connectivity index (χ3v) is 4.91. The van der Waals surface area contributed by atoms with E-state index in [9.17, 15) is 4.79 Å². The van der Waals surface area contributed by atoms with Crippen molar-refractivity contribution in [2.75, 3.05) is 0 Å². The SMILES string of the molecule is Cc1nn(C)c2nc(C(C)C)cc(C(=O)NC(C)CCc3ccccc3)c12. The maximum Gasteiger partial charge on any atom is 0.252 e. The van der Waals surface area contributed by atoms with Gasteiger partial charge >= 0.3 is 0 Å². The molecule has 5 nitrogen and oxygen atoms in total. The van der Waals surface area contributed by atoms with E-state index in [0.717, 1.165) is 35.3 Å². The lowest BCUT2D eigenvalue weighted by molar-refractivity contribution is 0.0940. The Bertz CT molecular complexity index is 944. The van der Waals surface area contributed by atoms with Gasteiger partial charge in [0.15, 0.2) is 5.65 Å². The third kappa shape index (κ3) is 4.18. The first kappa shape index (κ1) is 19.1. The molecule has 2 aromatic heterocycles. The van der Waals surface area contributed by atoms with Crippen LogP contribution in [0.5, 0.6) is 0 Å². The first-order valence-corrected chi connectivity index (χ1v) is 9.56. The van der Waals surface area contributed by atoms with Crippen LogP contribution in [0.25, 0.3) is 11.0 Å². The van der Waals surface area contributed by atoms with Crippen LogP contribution in [-0.2, 0) is 13.5 Å². The number of nitrogens with one attached hydrogen (secondary N) is 1. The molecule has 1 aromatic carbocycles. The topological polar surface area (TPSA) is 59.8 Å². The largest absolute Gasteiger partial charge is 0.350 e. The molecule has 0 spiro atoms. The van der Waals surface area contributed by atoms with Crippen molar-refractivity contribution in [1.82, 2.24) is 20.1 Å². The van der Waals surface area contributed by atoms with Crippen molar-refractivity contribution in [3.05, 3.63) is 58.9 Å². The molecule has 1 amide bonds. The molecule has 0 saturated carbocycles. The van der Waals surface area contributed by atoms with E-state index < -0.39 is 0 Å². The molecule has 0 bridgehead atoms. The summed E-state index contributed by atoms with van der Waals surface area (Å²) >= 11 is 0. The molecule has 1 atom stereocenters.